The molecule has 0 bridgehead atoms. The summed E-state index contributed by atoms with van der Waals surface area (Å²) >= 11 is 0. The number of rotatable bonds is 8. The summed E-state index contributed by atoms with van der Waals surface area (Å²) in [6, 6.07) is 7.62. The van der Waals surface area contributed by atoms with E-state index >= 15 is 0 Å². The fourth-order valence-electron chi connectivity index (χ4n) is 1.75. The van der Waals surface area contributed by atoms with Gasteiger partial charge in [-0.2, -0.15) is 0 Å². The van der Waals surface area contributed by atoms with Crippen molar-refractivity contribution in [2.45, 2.75) is 20.0 Å². The van der Waals surface area contributed by atoms with E-state index in [0.717, 1.165) is 11.3 Å². The van der Waals surface area contributed by atoms with E-state index in [9.17, 15) is 9.90 Å². The highest BCUT2D eigenvalue weighted by atomic mass is 16.5. The molecule has 0 aromatic heterocycles. The Balaban J connectivity index is 2.26. The second-order valence-electron chi connectivity index (χ2n) is 4.99. The lowest BCUT2D eigenvalue weighted by Gasteiger charge is -2.16. The van der Waals surface area contributed by atoms with Crippen molar-refractivity contribution in [1.82, 2.24) is 10.6 Å². The third kappa shape index (κ3) is 6.04. The van der Waals surface area contributed by atoms with Gasteiger partial charge in [0.1, 0.15) is 18.5 Å². The minimum absolute atomic E-state index is 0.0750. The Bertz CT molecular complexity index is 423. The predicted octanol–water partition coefficient (Wildman–Crippen LogP) is 0.706. The van der Waals surface area contributed by atoms with Crippen molar-refractivity contribution in [3.8, 4) is 5.75 Å². The van der Waals surface area contributed by atoms with Crippen molar-refractivity contribution < 1.29 is 14.6 Å². The molecular weight excluding hydrogens is 256 g/mol. The highest BCUT2D eigenvalue weighted by molar-refractivity contribution is 5.78. The molecule has 1 aromatic carbocycles. The molecule has 0 aliphatic rings. The van der Waals surface area contributed by atoms with Crippen LogP contribution in [-0.2, 0) is 4.79 Å². The second kappa shape index (κ2) is 8.55. The highest BCUT2D eigenvalue weighted by Crippen LogP contribution is 2.12. The van der Waals surface area contributed by atoms with Gasteiger partial charge in [-0.05, 0) is 31.7 Å². The molecular formula is C15H24N2O3. The van der Waals surface area contributed by atoms with Crippen LogP contribution in [-0.4, -0.2) is 43.9 Å². The van der Waals surface area contributed by atoms with E-state index in [-0.39, 0.29) is 25.0 Å². The Hall–Kier alpha value is -1.59. The van der Waals surface area contributed by atoms with Crippen LogP contribution in [0.5, 0.6) is 5.75 Å². The molecule has 0 fully saturated rings. The smallest absolute Gasteiger partial charge is 0.224 e. The molecule has 3 N–H and O–H groups in total. The molecule has 1 amide bonds. The van der Waals surface area contributed by atoms with E-state index in [2.05, 4.69) is 10.6 Å². The Morgan fingerprint density at radius 1 is 1.40 bits per heavy atom. The first-order valence-electron chi connectivity index (χ1n) is 6.82. The Labute approximate surface area is 120 Å². The zero-order valence-electron chi connectivity index (χ0n) is 12.3. The van der Waals surface area contributed by atoms with Gasteiger partial charge in [-0.3, -0.25) is 4.79 Å². The van der Waals surface area contributed by atoms with E-state index in [4.69, 9.17) is 4.74 Å². The number of carbonyl (C=O) groups is 1. The lowest BCUT2D eigenvalue weighted by atomic mass is 10.1. The highest BCUT2D eigenvalue weighted by Gasteiger charge is 2.13. The molecule has 0 aliphatic carbocycles. The van der Waals surface area contributed by atoms with Gasteiger partial charge < -0.3 is 20.5 Å². The van der Waals surface area contributed by atoms with Gasteiger partial charge >= 0.3 is 0 Å². The Morgan fingerprint density at radius 3 is 2.80 bits per heavy atom. The normalized spacial score (nSPS) is 13.6. The molecule has 0 aliphatic heterocycles. The van der Waals surface area contributed by atoms with Gasteiger partial charge in [0, 0.05) is 19.0 Å². The van der Waals surface area contributed by atoms with Gasteiger partial charge in [-0.1, -0.05) is 19.1 Å². The van der Waals surface area contributed by atoms with Crippen LogP contribution >= 0.6 is 0 Å². The summed E-state index contributed by atoms with van der Waals surface area (Å²) < 4.78 is 5.48. The van der Waals surface area contributed by atoms with Gasteiger partial charge in [0.2, 0.25) is 5.91 Å². The van der Waals surface area contributed by atoms with E-state index in [1.54, 1.807) is 7.05 Å². The summed E-state index contributed by atoms with van der Waals surface area (Å²) in [5, 5.41) is 15.4. The van der Waals surface area contributed by atoms with Crippen LogP contribution in [0.4, 0.5) is 0 Å². The fraction of sp³-hybridized carbons (Fsp3) is 0.533. The first-order valence-corrected chi connectivity index (χ1v) is 6.82. The van der Waals surface area contributed by atoms with E-state index in [1.165, 1.54) is 0 Å². The number of ether oxygens (including phenoxy) is 1. The number of nitrogens with one attached hydrogen (secondary N) is 2. The average Bonchev–Trinajstić information content (AvgIpc) is 2.42. The van der Waals surface area contributed by atoms with Gasteiger partial charge in [0.15, 0.2) is 0 Å². The minimum Gasteiger partial charge on any atom is -0.491 e. The number of hydrogen-bond acceptors (Lipinski definition) is 4. The van der Waals surface area contributed by atoms with Crippen LogP contribution in [0.2, 0.25) is 0 Å². The predicted molar refractivity (Wildman–Crippen MR) is 78.8 cm³/mol. The van der Waals surface area contributed by atoms with Crippen molar-refractivity contribution in [2.75, 3.05) is 26.7 Å². The van der Waals surface area contributed by atoms with Crippen molar-refractivity contribution in [3.05, 3.63) is 29.8 Å². The van der Waals surface area contributed by atoms with Crippen LogP contribution in [0.1, 0.15) is 12.5 Å². The van der Waals surface area contributed by atoms with E-state index in [0.29, 0.717) is 6.54 Å². The summed E-state index contributed by atoms with van der Waals surface area (Å²) in [6.45, 7) is 4.78. The van der Waals surface area contributed by atoms with Gasteiger partial charge in [-0.15, -0.1) is 0 Å². The molecule has 0 spiro atoms. The molecule has 0 saturated heterocycles. The maximum atomic E-state index is 11.7. The summed E-state index contributed by atoms with van der Waals surface area (Å²) in [6.07, 6.45) is -0.721. The SMILES string of the molecule is CNCC(C)C(=O)NCC(O)COc1cccc(C)c1. The first kappa shape index (κ1) is 16.5. The molecule has 1 aromatic rings. The van der Waals surface area contributed by atoms with Gasteiger partial charge in [0.05, 0.1) is 0 Å². The summed E-state index contributed by atoms with van der Waals surface area (Å²) in [4.78, 5) is 11.7. The Morgan fingerprint density at radius 2 is 2.15 bits per heavy atom. The molecule has 2 unspecified atom stereocenters. The minimum atomic E-state index is -0.721. The fourth-order valence-corrected chi connectivity index (χ4v) is 1.75. The van der Waals surface area contributed by atoms with Crippen LogP contribution in [0.25, 0.3) is 0 Å². The maximum absolute atomic E-state index is 11.7. The maximum Gasteiger partial charge on any atom is 0.224 e. The number of amides is 1. The molecule has 0 saturated carbocycles. The number of aliphatic hydroxyl groups is 1. The zero-order valence-corrected chi connectivity index (χ0v) is 12.3. The summed E-state index contributed by atoms with van der Waals surface area (Å²) in [5.74, 6) is 0.526. The molecule has 0 radical (unpaired) electrons. The van der Waals surface area contributed by atoms with Crippen LogP contribution in [0.15, 0.2) is 24.3 Å². The van der Waals surface area contributed by atoms with Gasteiger partial charge in [-0.25, -0.2) is 0 Å². The third-order valence-electron chi connectivity index (χ3n) is 2.90. The zero-order chi connectivity index (χ0) is 15.0. The number of benzene rings is 1. The quantitative estimate of drug-likeness (QED) is 0.656. The molecule has 0 heterocycles. The molecule has 20 heavy (non-hydrogen) atoms. The van der Waals surface area contributed by atoms with Crippen LogP contribution in [0.3, 0.4) is 0 Å². The van der Waals surface area contributed by atoms with Crippen molar-refractivity contribution in [2.24, 2.45) is 5.92 Å². The molecule has 112 valence electrons. The monoisotopic (exact) mass is 280 g/mol. The van der Waals surface area contributed by atoms with Crippen LogP contribution < -0.4 is 15.4 Å². The largest absolute Gasteiger partial charge is 0.491 e. The van der Waals surface area contributed by atoms with Crippen LogP contribution in [0, 0.1) is 12.8 Å². The Kier molecular flexibility index (Phi) is 7.04. The second-order valence-corrected chi connectivity index (χ2v) is 4.99. The molecule has 5 heteroatoms. The van der Waals surface area contributed by atoms with E-state index in [1.807, 2.05) is 38.1 Å². The summed E-state index contributed by atoms with van der Waals surface area (Å²) in [5.41, 5.74) is 1.10. The first-order chi connectivity index (χ1) is 9.52. The van der Waals surface area contributed by atoms with Gasteiger partial charge in [0.25, 0.3) is 0 Å². The summed E-state index contributed by atoms with van der Waals surface area (Å²) in [7, 11) is 1.80. The lowest BCUT2D eigenvalue weighted by molar-refractivity contribution is -0.124. The number of carbonyl (C=O) groups excluding carboxylic acids is 1. The average molecular weight is 280 g/mol. The van der Waals surface area contributed by atoms with E-state index < -0.39 is 6.10 Å². The topological polar surface area (TPSA) is 70.6 Å². The standard InChI is InChI=1S/C15H24N2O3/c1-11-5-4-6-14(7-11)20-10-13(18)9-17-15(19)12(2)8-16-3/h4-7,12-13,16,18H,8-10H2,1-3H3,(H,17,19). The van der Waals surface area contributed by atoms with Crippen molar-refractivity contribution in [1.29, 1.82) is 0 Å². The molecule has 5 nitrogen and oxygen atoms in total. The molecule has 1 rings (SSSR count). The third-order valence-corrected chi connectivity index (χ3v) is 2.90. The number of aliphatic hydroxyl groups excluding tert-OH is 1. The molecule has 2 atom stereocenters. The van der Waals surface area contributed by atoms with Crippen molar-refractivity contribution >= 4 is 5.91 Å². The number of aryl methyl sites for hydroxylation is 1. The number of hydrogen-bond donors (Lipinski definition) is 3. The lowest BCUT2D eigenvalue weighted by Crippen LogP contribution is -2.40. The van der Waals surface area contributed by atoms with Crippen molar-refractivity contribution in [3.63, 3.8) is 0 Å².